The molecule has 0 saturated heterocycles. The van der Waals surface area contributed by atoms with E-state index in [0.717, 1.165) is 0 Å². The predicted octanol–water partition coefficient (Wildman–Crippen LogP) is 2.18. The van der Waals surface area contributed by atoms with E-state index in [4.69, 9.17) is 0 Å². The lowest BCUT2D eigenvalue weighted by molar-refractivity contribution is -0.327. The summed E-state index contributed by atoms with van der Waals surface area (Å²) in [6.07, 6.45) is 0. The maximum atomic E-state index is 12.9. The van der Waals surface area contributed by atoms with Crippen LogP contribution in [0.5, 0.6) is 0 Å². The molecule has 0 spiro atoms. The Morgan fingerprint density at radius 1 is 0.583 bits per heavy atom. The third-order valence-electron chi connectivity index (χ3n) is 2.21. The molecular weight excluding hydrogens is 430 g/mol. The van der Waals surface area contributed by atoms with Gasteiger partial charge in [-0.15, -0.1) is 4.48 Å². The van der Waals surface area contributed by atoms with Gasteiger partial charge in [0.15, 0.2) is 0 Å². The van der Waals surface area contributed by atoms with Crippen molar-refractivity contribution >= 4 is 19.9 Å². The summed E-state index contributed by atoms with van der Waals surface area (Å²) in [4.78, 5) is -1.13. The Bertz CT molecular complexity index is 691. The van der Waals surface area contributed by atoms with Crippen LogP contribution in [0, 0.1) is 0 Å². The highest BCUT2D eigenvalue weighted by Crippen LogP contribution is 2.57. The third-order valence-corrected chi connectivity index (χ3v) is 4.88. The number of sulfonamides is 1. The molecule has 0 aliphatic heterocycles. The van der Waals surface area contributed by atoms with Crippen molar-refractivity contribution in [3.05, 3.63) is 0 Å². The number of alkyl halides is 11. The Kier molecular flexibility index (Phi) is 5.29. The van der Waals surface area contributed by atoms with Crippen LogP contribution in [-0.4, -0.2) is 44.7 Å². The summed E-state index contributed by atoms with van der Waals surface area (Å²) in [6.45, 7) is 0. The van der Waals surface area contributed by atoms with Crippen molar-refractivity contribution in [2.45, 2.75) is 27.9 Å². The first-order valence-corrected chi connectivity index (χ1v) is 7.47. The zero-order chi connectivity index (χ0) is 20.2. The summed E-state index contributed by atoms with van der Waals surface area (Å²) in [6, 6.07) is 0. The average Bonchev–Trinajstić information content (AvgIpc) is 2.36. The van der Waals surface area contributed by atoms with Gasteiger partial charge >= 0.3 is 47.7 Å². The van der Waals surface area contributed by atoms with Crippen molar-refractivity contribution in [2.24, 2.45) is 0 Å². The molecule has 1 N–H and O–H groups in total. The lowest BCUT2D eigenvalue weighted by atomic mass is 10.2. The van der Waals surface area contributed by atoms with Gasteiger partial charge in [-0.1, -0.05) is 0 Å². The molecule has 0 atom stereocenters. The maximum Gasteiger partial charge on any atom is 0.503 e. The van der Waals surface area contributed by atoms with Crippen LogP contribution in [0.2, 0.25) is 0 Å². The summed E-state index contributed by atoms with van der Waals surface area (Å²) in [5.41, 5.74) is -7.32. The second-order valence-electron chi connectivity index (χ2n) is 3.71. The Balaban J connectivity index is 6.64. The molecule has 5 nitrogen and oxygen atoms in total. The molecule has 0 aliphatic carbocycles. The van der Waals surface area contributed by atoms with Crippen LogP contribution >= 0.6 is 0 Å². The van der Waals surface area contributed by atoms with Crippen molar-refractivity contribution in [1.29, 1.82) is 0 Å². The van der Waals surface area contributed by atoms with Crippen LogP contribution < -0.4 is 4.94 Å². The first-order valence-electron chi connectivity index (χ1n) is 4.50. The van der Waals surface area contributed by atoms with Gasteiger partial charge in [-0.2, -0.15) is 48.3 Å². The van der Waals surface area contributed by atoms with Crippen LogP contribution in [0.15, 0.2) is 0 Å². The molecule has 0 aliphatic rings. The standard InChI is InChI=1S/C5HF12NO4S2/c6-1(7,3(10,11)23(19,20)5(14,15)16)2(8,9)4(12,13)24(21,22)18-17/h18H. The van der Waals surface area contributed by atoms with Crippen molar-refractivity contribution in [3.8, 4) is 0 Å². The maximum absolute atomic E-state index is 12.9. The van der Waals surface area contributed by atoms with Crippen LogP contribution in [0.1, 0.15) is 0 Å². The highest BCUT2D eigenvalue weighted by atomic mass is 32.2. The molecule has 146 valence electrons. The molecule has 0 unspecified atom stereocenters. The fraction of sp³-hybridized carbons (Fsp3) is 1.00. The van der Waals surface area contributed by atoms with E-state index in [9.17, 15) is 69.6 Å². The van der Waals surface area contributed by atoms with E-state index in [1.807, 2.05) is 0 Å². The first kappa shape index (κ1) is 23.0. The lowest BCUT2D eigenvalue weighted by Gasteiger charge is -2.35. The number of nitrogens with one attached hydrogen (secondary N) is 1. The van der Waals surface area contributed by atoms with Crippen LogP contribution in [0.3, 0.4) is 0 Å². The second kappa shape index (κ2) is 5.51. The van der Waals surface area contributed by atoms with Gasteiger partial charge in [0.1, 0.15) is 0 Å². The molecular formula is C5HF12NO4S2. The Hall–Kier alpha value is -0.980. The average molecular weight is 431 g/mol. The van der Waals surface area contributed by atoms with Gasteiger partial charge < -0.3 is 0 Å². The summed E-state index contributed by atoms with van der Waals surface area (Å²) in [7, 11) is -16.0. The number of hydrogen-bond donors (Lipinski definition) is 1. The highest BCUT2D eigenvalue weighted by molar-refractivity contribution is 7.93. The normalized spacial score (nSPS) is 16.3. The van der Waals surface area contributed by atoms with Gasteiger partial charge in [-0.25, -0.2) is 16.8 Å². The van der Waals surface area contributed by atoms with Crippen LogP contribution in [0.4, 0.5) is 52.8 Å². The van der Waals surface area contributed by atoms with E-state index in [0.29, 0.717) is 0 Å². The van der Waals surface area contributed by atoms with E-state index < -0.39 is 52.7 Å². The Morgan fingerprint density at radius 2 is 0.875 bits per heavy atom. The largest absolute Gasteiger partial charge is 0.503 e. The smallest absolute Gasteiger partial charge is 0.213 e. The molecule has 0 rings (SSSR count). The fourth-order valence-corrected chi connectivity index (χ4v) is 2.22. The van der Waals surface area contributed by atoms with Gasteiger partial charge in [0.25, 0.3) is 0 Å². The van der Waals surface area contributed by atoms with E-state index >= 15 is 0 Å². The zero-order valence-corrected chi connectivity index (χ0v) is 11.6. The van der Waals surface area contributed by atoms with Crippen molar-refractivity contribution in [1.82, 2.24) is 4.94 Å². The third kappa shape index (κ3) is 2.68. The lowest BCUT2D eigenvalue weighted by Crippen LogP contribution is -2.68. The molecule has 0 aromatic carbocycles. The monoisotopic (exact) mass is 431 g/mol. The Morgan fingerprint density at radius 3 is 1.12 bits per heavy atom. The number of rotatable bonds is 6. The highest BCUT2D eigenvalue weighted by Gasteiger charge is 2.89. The van der Waals surface area contributed by atoms with Gasteiger partial charge in [-0.05, 0) is 4.94 Å². The molecule has 19 heteroatoms. The minimum absolute atomic E-state index is 1.13. The van der Waals surface area contributed by atoms with Crippen LogP contribution in [0.25, 0.3) is 0 Å². The van der Waals surface area contributed by atoms with Gasteiger partial charge in [0.05, 0.1) is 0 Å². The molecule has 0 saturated carbocycles. The molecule has 0 amide bonds. The molecule has 0 bridgehead atoms. The van der Waals surface area contributed by atoms with Crippen molar-refractivity contribution in [3.63, 3.8) is 0 Å². The SMILES string of the molecule is O=S(=O)(NF)C(F)(F)C(F)(F)C(F)(F)C(F)(F)S(=O)(=O)C(F)(F)F. The minimum atomic E-state index is -8.53. The van der Waals surface area contributed by atoms with Gasteiger partial charge in [0.2, 0.25) is 0 Å². The molecule has 0 radical (unpaired) electrons. The molecule has 0 fully saturated rings. The minimum Gasteiger partial charge on any atom is -0.213 e. The number of hydrogen-bond acceptors (Lipinski definition) is 4. The first-order chi connectivity index (χ1) is 10.1. The van der Waals surface area contributed by atoms with Gasteiger partial charge in [0, 0.05) is 0 Å². The zero-order valence-electron chi connectivity index (χ0n) is 9.99. The summed E-state index contributed by atoms with van der Waals surface area (Å²) < 4.78 is 191. The van der Waals surface area contributed by atoms with E-state index in [1.165, 1.54) is 0 Å². The van der Waals surface area contributed by atoms with Gasteiger partial charge in [-0.3, -0.25) is 0 Å². The summed E-state index contributed by atoms with van der Waals surface area (Å²) in [5.74, 6) is -16.1. The molecule has 0 aromatic rings. The summed E-state index contributed by atoms with van der Waals surface area (Å²) in [5, 5.41) is -15.4. The van der Waals surface area contributed by atoms with E-state index in [-0.39, 0.29) is 0 Å². The van der Waals surface area contributed by atoms with E-state index in [2.05, 4.69) is 0 Å². The van der Waals surface area contributed by atoms with E-state index in [1.54, 1.807) is 0 Å². The predicted molar refractivity (Wildman–Crippen MR) is 47.9 cm³/mol. The molecule has 0 aromatic heterocycles. The molecule has 24 heavy (non-hydrogen) atoms. The van der Waals surface area contributed by atoms with Crippen molar-refractivity contribution in [2.75, 3.05) is 0 Å². The Labute approximate surface area is 123 Å². The quantitative estimate of drug-likeness (QED) is 0.517. The second-order valence-corrected chi connectivity index (χ2v) is 7.37. The number of halogens is 12. The summed E-state index contributed by atoms with van der Waals surface area (Å²) >= 11 is 0. The van der Waals surface area contributed by atoms with Crippen LogP contribution in [-0.2, 0) is 19.9 Å². The fourth-order valence-electron chi connectivity index (χ4n) is 0.897. The number of sulfone groups is 1. The topological polar surface area (TPSA) is 80.3 Å². The molecule has 0 heterocycles. The van der Waals surface area contributed by atoms with Crippen molar-refractivity contribution < 1.29 is 69.6 Å².